The van der Waals surface area contributed by atoms with E-state index in [1.54, 1.807) is 18.3 Å². The van der Waals surface area contributed by atoms with E-state index in [0.717, 1.165) is 22.2 Å². The molecule has 0 aliphatic rings. The summed E-state index contributed by atoms with van der Waals surface area (Å²) in [5.74, 6) is -0.378. The van der Waals surface area contributed by atoms with E-state index in [9.17, 15) is 9.59 Å². The molecule has 0 saturated carbocycles. The number of fused-ring (bicyclic) bond motifs is 1. The van der Waals surface area contributed by atoms with Crippen molar-refractivity contribution in [3.63, 3.8) is 0 Å². The molecule has 2 aromatic carbocycles. The first-order valence-corrected chi connectivity index (χ1v) is 8.38. The van der Waals surface area contributed by atoms with E-state index in [0.29, 0.717) is 17.0 Å². The molecular formula is C20H19ClN2O2. The molecule has 1 N–H and O–H groups in total. The Morgan fingerprint density at radius 2 is 1.84 bits per heavy atom. The standard InChI is InChI=1S/C20H19ClN2O2/c1-12-8-13(2)18-16(9-12)19(24)17(11-23(18)3)20(25)22-10-14-4-6-15(21)7-5-14/h4-9,11H,10H2,1-3H3,(H,22,25). The van der Waals surface area contributed by atoms with Gasteiger partial charge in [-0.2, -0.15) is 0 Å². The lowest BCUT2D eigenvalue weighted by Crippen LogP contribution is -2.29. The van der Waals surface area contributed by atoms with E-state index in [1.807, 2.05) is 49.7 Å². The quantitative estimate of drug-likeness (QED) is 0.779. The van der Waals surface area contributed by atoms with Crippen LogP contribution >= 0.6 is 11.6 Å². The van der Waals surface area contributed by atoms with Crippen LogP contribution in [0.2, 0.25) is 5.02 Å². The number of nitrogens with zero attached hydrogens (tertiary/aromatic N) is 1. The molecule has 25 heavy (non-hydrogen) atoms. The largest absolute Gasteiger partial charge is 0.349 e. The number of nitrogens with one attached hydrogen (secondary N) is 1. The van der Waals surface area contributed by atoms with Crippen LogP contribution in [0.3, 0.4) is 0 Å². The summed E-state index contributed by atoms with van der Waals surface area (Å²) in [4.78, 5) is 25.3. The molecule has 0 atom stereocenters. The van der Waals surface area contributed by atoms with Gasteiger partial charge < -0.3 is 9.88 Å². The minimum atomic E-state index is -0.378. The van der Waals surface area contributed by atoms with Gasteiger partial charge in [-0.1, -0.05) is 29.8 Å². The molecule has 1 amide bonds. The summed E-state index contributed by atoms with van der Waals surface area (Å²) in [6, 6.07) is 11.1. The number of aromatic nitrogens is 1. The number of pyridine rings is 1. The Morgan fingerprint density at radius 1 is 1.16 bits per heavy atom. The fourth-order valence-electron chi connectivity index (χ4n) is 3.10. The highest BCUT2D eigenvalue weighted by atomic mass is 35.5. The first-order valence-electron chi connectivity index (χ1n) is 8.00. The van der Waals surface area contributed by atoms with Crippen LogP contribution in [0.4, 0.5) is 0 Å². The molecule has 0 spiro atoms. The van der Waals surface area contributed by atoms with Gasteiger partial charge in [-0.25, -0.2) is 0 Å². The lowest BCUT2D eigenvalue weighted by Gasteiger charge is -2.12. The molecule has 3 rings (SSSR count). The molecule has 0 unspecified atom stereocenters. The molecule has 1 aromatic heterocycles. The second-order valence-electron chi connectivity index (χ2n) is 6.27. The lowest BCUT2D eigenvalue weighted by molar-refractivity contribution is 0.0949. The molecule has 1 heterocycles. The van der Waals surface area contributed by atoms with Crippen molar-refractivity contribution in [2.24, 2.45) is 7.05 Å². The van der Waals surface area contributed by atoms with Crippen LogP contribution in [0.5, 0.6) is 0 Å². The lowest BCUT2D eigenvalue weighted by atomic mass is 10.0. The van der Waals surface area contributed by atoms with E-state index in [2.05, 4.69) is 5.32 Å². The van der Waals surface area contributed by atoms with Gasteiger partial charge in [0, 0.05) is 30.2 Å². The summed E-state index contributed by atoms with van der Waals surface area (Å²) in [5.41, 5.74) is 3.69. The van der Waals surface area contributed by atoms with Gasteiger partial charge >= 0.3 is 0 Å². The smallest absolute Gasteiger partial charge is 0.257 e. The average molecular weight is 355 g/mol. The van der Waals surface area contributed by atoms with Crippen molar-refractivity contribution in [3.8, 4) is 0 Å². The number of carbonyl (C=O) groups excluding carboxylic acids is 1. The van der Waals surface area contributed by atoms with Crippen molar-refractivity contribution in [3.05, 3.63) is 80.1 Å². The number of carbonyl (C=O) groups is 1. The number of halogens is 1. The molecule has 128 valence electrons. The molecule has 0 aliphatic heterocycles. The Morgan fingerprint density at radius 3 is 2.52 bits per heavy atom. The summed E-state index contributed by atoms with van der Waals surface area (Å²) in [6.45, 7) is 4.25. The van der Waals surface area contributed by atoms with Gasteiger partial charge in [0.05, 0.1) is 5.52 Å². The number of rotatable bonds is 3. The van der Waals surface area contributed by atoms with Gasteiger partial charge in [-0.15, -0.1) is 0 Å². The predicted molar refractivity (Wildman–Crippen MR) is 101 cm³/mol. The van der Waals surface area contributed by atoms with E-state index >= 15 is 0 Å². The molecule has 3 aromatic rings. The summed E-state index contributed by atoms with van der Waals surface area (Å²) in [6.07, 6.45) is 1.60. The Hall–Kier alpha value is -2.59. The first kappa shape index (κ1) is 17.2. The van der Waals surface area contributed by atoms with Crippen LogP contribution in [0.1, 0.15) is 27.0 Å². The van der Waals surface area contributed by atoms with Crippen molar-refractivity contribution < 1.29 is 4.79 Å². The molecule has 0 aliphatic carbocycles. The highest BCUT2D eigenvalue weighted by molar-refractivity contribution is 6.30. The third-order valence-electron chi connectivity index (χ3n) is 4.22. The topological polar surface area (TPSA) is 51.1 Å². The third kappa shape index (κ3) is 3.44. The van der Waals surface area contributed by atoms with Gasteiger partial charge in [0.2, 0.25) is 5.43 Å². The zero-order valence-electron chi connectivity index (χ0n) is 14.4. The van der Waals surface area contributed by atoms with Crippen LogP contribution in [0.15, 0.2) is 47.4 Å². The van der Waals surface area contributed by atoms with Crippen LogP contribution in [-0.4, -0.2) is 10.5 Å². The van der Waals surface area contributed by atoms with Crippen molar-refractivity contribution >= 4 is 28.4 Å². The van der Waals surface area contributed by atoms with Crippen LogP contribution < -0.4 is 10.7 Å². The van der Waals surface area contributed by atoms with Crippen LogP contribution in [-0.2, 0) is 13.6 Å². The third-order valence-corrected chi connectivity index (χ3v) is 4.47. The Bertz CT molecular complexity index is 1020. The highest BCUT2D eigenvalue weighted by Crippen LogP contribution is 2.18. The van der Waals surface area contributed by atoms with E-state index < -0.39 is 0 Å². The van der Waals surface area contributed by atoms with Gasteiger partial charge in [-0.3, -0.25) is 9.59 Å². The maximum absolute atomic E-state index is 12.8. The SMILES string of the molecule is Cc1cc(C)c2c(c1)c(=O)c(C(=O)NCc1ccc(Cl)cc1)cn2C. The fourth-order valence-corrected chi connectivity index (χ4v) is 3.23. The Labute approximate surface area is 151 Å². The fraction of sp³-hybridized carbons (Fsp3) is 0.200. The molecule has 4 nitrogen and oxygen atoms in total. The maximum atomic E-state index is 12.8. The first-order chi connectivity index (χ1) is 11.9. The zero-order valence-corrected chi connectivity index (χ0v) is 15.1. The summed E-state index contributed by atoms with van der Waals surface area (Å²) in [5, 5.41) is 4.01. The number of aryl methyl sites for hydroxylation is 3. The highest BCUT2D eigenvalue weighted by Gasteiger charge is 2.15. The molecular weight excluding hydrogens is 336 g/mol. The number of hydrogen-bond acceptors (Lipinski definition) is 2. The average Bonchev–Trinajstić information content (AvgIpc) is 2.56. The summed E-state index contributed by atoms with van der Waals surface area (Å²) in [7, 11) is 1.85. The normalized spacial score (nSPS) is 10.9. The zero-order chi connectivity index (χ0) is 18.1. The predicted octanol–water partition coefficient (Wildman–Crippen LogP) is 3.74. The molecule has 0 saturated heterocycles. The van der Waals surface area contributed by atoms with Crippen molar-refractivity contribution in [2.45, 2.75) is 20.4 Å². The second-order valence-corrected chi connectivity index (χ2v) is 6.71. The van der Waals surface area contributed by atoms with Gasteiger partial charge in [0.1, 0.15) is 5.56 Å². The van der Waals surface area contributed by atoms with Gasteiger partial charge in [-0.05, 0) is 48.7 Å². The van der Waals surface area contributed by atoms with Gasteiger partial charge in [0.15, 0.2) is 0 Å². The summed E-state index contributed by atoms with van der Waals surface area (Å²) < 4.78 is 1.84. The van der Waals surface area contributed by atoms with Crippen molar-refractivity contribution in [2.75, 3.05) is 0 Å². The van der Waals surface area contributed by atoms with Gasteiger partial charge in [0.25, 0.3) is 5.91 Å². The summed E-state index contributed by atoms with van der Waals surface area (Å²) >= 11 is 5.86. The molecule has 0 bridgehead atoms. The second kappa shape index (κ2) is 6.73. The van der Waals surface area contributed by atoms with E-state index in [4.69, 9.17) is 11.6 Å². The molecule has 0 radical (unpaired) electrons. The number of hydrogen-bond donors (Lipinski definition) is 1. The van der Waals surface area contributed by atoms with E-state index in [1.165, 1.54) is 0 Å². The van der Waals surface area contributed by atoms with Crippen molar-refractivity contribution in [1.82, 2.24) is 9.88 Å². The Kier molecular flexibility index (Phi) is 4.64. The van der Waals surface area contributed by atoms with Crippen LogP contribution in [0, 0.1) is 13.8 Å². The maximum Gasteiger partial charge on any atom is 0.257 e. The molecule has 5 heteroatoms. The van der Waals surface area contributed by atoms with Crippen molar-refractivity contribution in [1.29, 1.82) is 0 Å². The van der Waals surface area contributed by atoms with E-state index in [-0.39, 0.29) is 16.9 Å². The minimum absolute atomic E-state index is 0.147. The Balaban J connectivity index is 1.95. The number of benzene rings is 2. The number of amides is 1. The monoisotopic (exact) mass is 354 g/mol. The molecule has 0 fully saturated rings. The minimum Gasteiger partial charge on any atom is -0.349 e. The van der Waals surface area contributed by atoms with Crippen LogP contribution in [0.25, 0.3) is 10.9 Å².